The first-order valence-electron chi connectivity index (χ1n) is 5.71. The van der Waals surface area contributed by atoms with Crippen LogP contribution in [0.1, 0.15) is 0 Å². The number of aromatic amines is 1. The summed E-state index contributed by atoms with van der Waals surface area (Å²) in [5.74, 6) is 1.34. The average molecular weight is 366 g/mol. The van der Waals surface area contributed by atoms with Gasteiger partial charge in [0.15, 0.2) is 11.5 Å². The number of benzene rings is 2. The molecule has 0 saturated carbocycles. The molecule has 0 amide bonds. The highest BCUT2D eigenvalue weighted by atomic mass is 127. The van der Waals surface area contributed by atoms with Gasteiger partial charge in [0, 0.05) is 5.56 Å². The smallest absolute Gasteiger partial charge is 0.172 e. The first-order chi connectivity index (χ1) is 9.20. The molecule has 19 heavy (non-hydrogen) atoms. The highest BCUT2D eigenvalue weighted by molar-refractivity contribution is 14.1. The van der Waals surface area contributed by atoms with Crippen LogP contribution in [-0.4, -0.2) is 22.2 Å². The SMILES string of the molecule is COc1ccc(-c2nc3ccccc3[nH]2)c(I)c1O. The molecule has 96 valence electrons. The summed E-state index contributed by atoms with van der Waals surface area (Å²) >= 11 is 2.09. The normalized spacial score (nSPS) is 10.8. The summed E-state index contributed by atoms with van der Waals surface area (Å²) in [5.41, 5.74) is 2.74. The van der Waals surface area contributed by atoms with Crippen molar-refractivity contribution >= 4 is 33.6 Å². The third-order valence-electron chi connectivity index (χ3n) is 2.94. The number of nitrogens with zero attached hydrogens (tertiary/aromatic N) is 1. The first kappa shape index (κ1) is 12.3. The Kier molecular flexibility index (Phi) is 3.06. The summed E-state index contributed by atoms with van der Waals surface area (Å²) in [6.07, 6.45) is 0. The van der Waals surface area contributed by atoms with Gasteiger partial charge in [0.05, 0.1) is 21.7 Å². The van der Waals surface area contributed by atoms with E-state index in [4.69, 9.17) is 4.74 Å². The number of methoxy groups -OCH3 is 1. The number of rotatable bonds is 2. The van der Waals surface area contributed by atoms with Gasteiger partial charge in [-0.2, -0.15) is 0 Å². The first-order valence-corrected chi connectivity index (χ1v) is 6.79. The van der Waals surface area contributed by atoms with Crippen molar-refractivity contribution in [1.29, 1.82) is 0 Å². The van der Waals surface area contributed by atoms with Crippen LogP contribution in [-0.2, 0) is 0 Å². The van der Waals surface area contributed by atoms with E-state index in [0.29, 0.717) is 5.75 Å². The van der Waals surface area contributed by atoms with Crippen molar-refractivity contribution in [2.45, 2.75) is 0 Å². The van der Waals surface area contributed by atoms with E-state index < -0.39 is 0 Å². The highest BCUT2D eigenvalue weighted by Crippen LogP contribution is 2.37. The second-order valence-electron chi connectivity index (χ2n) is 4.08. The average Bonchev–Trinajstić information content (AvgIpc) is 2.85. The van der Waals surface area contributed by atoms with Crippen LogP contribution >= 0.6 is 22.6 Å². The Labute approximate surface area is 123 Å². The second kappa shape index (κ2) is 4.73. The number of ether oxygens (including phenoxy) is 1. The molecule has 1 aromatic heterocycles. The van der Waals surface area contributed by atoms with Crippen molar-refractivity contribution in [1.82, 2.24) is 9.97 Å². The quantitative estimate of drug-likeness (QED) is 0.682. The van der Waals surface area contributed by atoms with Crippen molar-refractivity contribution in [3.8, 4) is 22.9 Å². The van der Waals surface area contributed by atoms with Crippen molar-refractivity contribution in [3.05, 3.63) is 40.0 Å². The van der Waals surface area contributed by atoms with Crippen LogP contribution in [0, 0.1) is 3.57 Å². The number of aromatic nitrogens is 2. The third-order valence-corrected chi connectivity index (χ3v) is 4.04. The molecule has 0 radical (unpaired) electrons. The van der Waals surface area contributed by atoms with E-state index in [1.165, 1.54) is 7.11 Å². The van der Waals surface area contributed by atoms with Gasteiger partial charge in [0.25, 0.3) is 0 Å². The van der Waals surface area contributed by atoms with Crippen LogP contribution in [0.25, 0.3) is 22.4 Å². The van der Waals surface area contributed by atoms with Gasteiger partial charge in [-0.1, -0.05) is 12.1 Å². The lowest BCUT2D eigenvalue weighted by molar-refractivity contribution is 0.372. The number of para-hydroxylation sites is 2. The van der Waals surface area contributed by atoms with Gasteiger partial charge < -0.3 is 14.8 Å². The van der Waals surface area contributed by atoms with Crippen molar-refractivity contribution < 1.29 is 9.84 Å². The van der Waals surface area contributed by atoms with Crippen molar-refractivity contribution in [2.75, 3.05) is 7.11 Å². The number of nitrogens with one attached hydrogen (secondary N) is 1. The lowest BCUT2D eigenvalue weighted by Gasteiger charge is -2.08. The molecular weight excluding hydrogens is 355 g/mol. The predicted molar refractivity (Wildman–Crippen MR) is 82.5 cm³/mol. The molecule has 0 bridgehead atoms. The van der Waals surface area contributed by atoms with Crippen molar-refractivity contribution in [3.63, 3.8) is 0 Å². The summed E-state index contributed by atoms with van der Waals surface area (Å²) < 4.78 is 5.81. The molecule has 3 aromatic rings. The fourth-order valence-corrected chi connectivity index (χ4v) is 2.68. The van der Waals surface area contributed by atoms with Crippen LogP contribution < -0.4 is 4.74 Å². The van der Waals surface area contributed by atoms with Crippen LogP contribution in [0.5, 0.6) is 11.5 Å². The van der Waals surface area contributed by atoms with E-state index in [-0.39, 0.29) is 5.75 Å². The van der Waals surface area contributed by atoms with E-state index >= 15 is 0 Å². The number of halogens is 1. The molecule has 0 atom stereocenters. The van der Waals surface area contributed by atoms with E-state index in [1.54, 1.807) is 6.07 Å². The zero-order valence-corrected chi connectivity index (χ0v) is 12.3. The number of phenolic OH excluding ortho intramolecular Hbond substituents is 1. The largest absolute Gasteiger partial charge is 0.504 e. The van der Waals surface area contributed by atoms with Gasteiger partial charge in [-0.05, 0) is 46.9 Å². The number of hydrogen-bond acceptors (Lipinski definition) is 3. The van der Waals surface area contributed by atoms with E-state index in [0.717, 1.165) is 26.0 Å². The topological polar surface area (TPSA) is 58.1 Å². The maximum atomic E-state index is 10.0. The number of fused-ring (bicyclic) bond motifs is 1. The number of H-pyrrole nitrogens is 1. The van der Waals surface area contributed by atoms with Gasteiger partial charge in [0.1, 0.15) is 5.82 Å². The van der Waals surface area contributed by atoms with Crippen molar-refractivity contribution in [2.24, 2.45) is 0 Å². The fourth-order valence-electron chi connectivity index (χ4n) is 1.97. The summed E-state index contributed by atoms with van der Waals surface area (Å²) in [4.78, 5) is 7.78. The van der Waals surface area contributed by atoms with Gasteiger partial charge in [-0.25, -0.2) is 4.98 Å². The van der Waals surface area contributed by atoms with Crippen LogP contribution in [0.4, 0.5) is 0 Å². The molecule has 0 aliphatic carbocycles. The second-order valence-corrected chi connectivity index (χ2v) is 5.16. The Morgan fingerprint density at radius 2 is 2.00 bits per heavy atom. The Hall–Kier alpha value is -1.76. The number of hydrogen-bond donors (Lipinski definition) is 2. The zero-order chi connectivity index (χ0) is 13.4. The van der Waals surface area contributed by atoms with Gasteiger partial charge in [-0.15, -0.1) is 0 Å². The standard InChI is InChI=1S/C14H11IN2O2/c1-19-11-7-6-8(12(15)13(11)18)14-16-9-4-2-3-5-10(9)17-14/h2-7,18H,1H3,(H,16,17). The van der Waals surface area contributed by atoms with Gasteiger partial charge >= 0.3 is 0 Å². The molecule has 0 spiro atoms. The summed E-state index contributed by atoms with van der Waals surface area (Å²) in [6.45, 7) is 0. The summed E-state index contributed by atoms with van der Waals surface area (Å²) in [7, 11) is 1.53. The maximum Gasteiger partial charge on any atom is 0.172 e. The monoisotopic (exact) mass is 366 g/mol. The molecule has 0 fully saturated rings. The van der Waals surface area contributed by atoms with E-state index in [2.05, 4.69) is 32.6 Å². The molecule has 0 unspecified atom stereocenters. The Balaban J connectivity index is 2.18. The van der Waals surface area contributed by atoms with E-state index in [1.807, 2.05) is 30.3 Å². The number of imidazole rings is 1. The fraction of sp³-hybridized carbons (Fsp3) is 0.0714. The number of phenols is 1. The molecule has 0 aliphatic heterocycles. The van der Waals surface area contributed by atoms with E-state index in [9.17, 15) is 5.11 Å². The zero-order valence-electron chi connectivity index (χ0n) is 10.1. The minimum absolute atomic E-state index is 0.140. The summed E-state index contributed by atoms with van der Waals surface area (Å²) in [5, 5.41) is 10.0. The molecule has 0 saturated heterocycles. The third kappa shape index (κ3) is 2.03. The lowest BCUT2D eigenvalue weighted by Crippen LogP contribution is -1.90. The molecule has 5 heteroatoms. The molecular formula is C14H11IN2O2. The van der Waals surface area contributed by atoms with Gasteiger partial charge in [-0.3, -0.25) is 0 Å². The maximum absolute atomic E-state index is 10.0. The Morgan fingerprint density at radius 3 is 2.74 bits per heavy atom. The van der Waals surface area contributed by atoms with Crippen LogP contribution in [0.2, 0.25) is 0 Å². The van der Waals surface area contributed by atoms with Crippen LogP contribution in [0.15, 0.2) is 36.4 Å². The molecule has 2 N–H and O–H groups in total. The molecule has 0 aliphatic rings. The number of aromatic hydroxyl groups is 1. The summed E-state index contributed by atoms with van der Waals surface area (Å²) in [6, 6.07) is 11.5. The highest BCUT2D eigenvalue weighted by Gasteiger charge is 2.14. The minimum Gasteiger partial charge on any atom is -0.504 e. The lowest BCUT2D eigenvalue weighted by atomic mass is 10.2. The minimum atomic E-state index is 0.140. The molecule has 2 aromatic carbocycles. The molecule has 4 nitrogen and oxygen atoms in total. The van der Waals surface area contributed by atoms with Crippen LogP contribution in [0.3, 0.4) is 0 Å². The molecule has 3 rings (SSSR count). The van der Waals surface area contributed by atoms with Gasteiger partial charge in [0.2, 0.25) is 0 Å². The predicted octanol–water partition coefficient (Wildman–Crippen LogP) is 3.55. The Bertz CT molecular complexity index is 719. The molecule has 1 heterocycles. The Morgan fingerprint density at radius 1 is 1.21 bits per heavy atom.